The lowest BCUT2D eigenvalue weighted by Gasteiger charge is -2.22. The fourth-order valence-electron chi connectivity index (χ4n) is 1.99. The van der Waals surface area contributed by atoms with Gasteiger partial charge in [-0.05, 0) is 25.2 Å². The van der Waals surface area contributed by atoms with E-state index >= 15 is 0 Å². The number of nitrogens with two attached hydrogens (primary N) is 3. The van der Waals surface area contributed by atoms with Gasteiger partial charge in [-0.25, -0.2) is 4.79 Å². The maximum atomic E-state index is 12.3. The van der Waals surface area contributed by atoms with Crippen molar-refractivity contribution in [1.29, 1.82) is 0 Å². The fraction of sp³-hybridized carbons (Fsp3) is 0.714. The second kappa shape index (κ2) is 11.2. The van der Waals surface area contributed by atoms with Gasteiger partial charge in [0.2, 0.25) is 11.8 Å². The summed E-state index contributed by atoms with van der Waals surface area (Å²) < 4.78 is 0. The van der Waals surface area contributed by atoms with Crippen LogP contribution in [0.2, 0.25) is 0 Å². The number of carboxylic acid groups (broad SMARTS) is 1. The van der Waals surface area contributed by atoms with Gasteiger partial charge in [-0.3, -0.25) is 14.6 Å². The predicted octanol–water partition coefficient (Wildman–Crippen LogP) is -1.90. The molecule has 0 heterocycles. The van der Waals surface area contributed by atoms with Crippen molar-refractivity contribution in [2.24, 2.45) is 28.1 Å². The summed E-state index contributed by atoms with van der Waals surface area (Å²) in [6.07, 6.45) is 0.925. The molecule has 0 rings (SSSR count). The average molecular weight is 344 g/mol. The van der Waals surface area contributed by atoms with Crippen LogP contribution in [0.1, 0.15) is 33.1 Å². The van der Waals surface area contributed by atoms with E-state index in [0.29, 0.717) is 12.8 Å². The van der Waals surface area contributed by atoms with Gasteiger partial charge in [-0.2, -0.15) is 0 Å². The Bertz CT molecular complexity index is 462. The molecule has 0 bridgehead atoms. The highest BCUT2D eigenvalue weighted by Gasteiger charge is 2.26. The molecule has 9 N–H and O–H groups in total. The quantitative estimate of drug-likeness (QED) is 0.143. The zero-order valence-electron chi connectivity index (χ0n) is 14.1. The summed E-state index contributed by atoms with van der Waals surface area (Å²) in [5, 5.41) is 14.2. The first kappa shape index (κ1) is 21.6. The van der Waals surface area contributed by atoms with E-state index in [0.717, 1.165) is 0 Å². The molecule has 0 spiro atoms. The third kappa shape index (κ3) is 9.62. The van der Waals surface area contributed by atoms with Crippen LogP contribution < -0.4 is 27.8 Å². The highest BCUT2D eigenvalue weighted by Crippen LogP contribution is 2.07. The molecule has 0 unspecified atom stereocenters. The van der Waals surface area contributed by atoms with Crippen LogP contribution in [0.15, 0.2) is 4.99 Å². The number of rotatable bonds is 11. The van der Waals surface area contributed by atoms with Crippen LogP contribution in [-0.4, -0.2) is 54.0 Å². The Hall–Kier alpha value is -2.36. The number of nitrogens with zero attached hydrogens (tertiary/aromatic N) is 1. The topological polar surface area (TPSA) is 186 Å². The van der Waals surface area contributed by atoms with E-state index in [9.17, 15) is 19.5 Å². The highest BCUT2D eigenvalue weighted by molar-refractivity contribution is 5.90. The van der Waals surface area contributed by atoms with E-state index in [2.05, 4.69) is 15.6 Å². The van der Waals surface area contributed by atoms with E-state index in [-0.39, 0.29) is 31.4 Å². The number of amides is 2. The van der Waals surface area contributed by atoms with Gasteiger partial charge in [-0.15, -0.1) is 0 Å². The van der Waals surface area contributed by atoms with Crippen LogP contribution in [0, 0.1) is 5.92 Å². The summed E-state index contributed by atoms with van der Waals surface area (Å²) >= 11 is 0. The number of hydrogen-bond acceptors (Lipinski definition) is 5. The van der Waals surface area contributed by atoms with Gasteiger partial charge in [-0.1, -0.05) is 13.8 Å². The van der Waals surface area contributed by atoms with Crippen molar-refractivity contribution >= 4 is 23.7 Å². The van der Waals surface area contributed by atoms with E-state index in [1.807, 2.05) is 13.8 Å². The monoisotopic (exact) mass is 344 g/mol. The molecule has 2 amide bonds. The molecule has 0 aliphatic carbocycles. The first-order valence-electron chi connectivity index (χ1n) is 7.75. The molecule has 0 saturated heterocycles. The molecule has 138 valence electrons. The molecular formula is C14H28N6O4. The number of carbonyl (C=O) groups is 3. The molecule has 0 aliphatic heterocycles. The smallest absolute Gasteiger partial charge is 0.326 e. The summed E-state index contributed by atoms with van der Waals surface area (Å²) in [7, 11) is 0. The second-order valence-corrected chi connectivity index (χ2v) is 5.80. The normalized spacial score (nSPS) is 13.0. The first-order chi connectivity index (χ1) is 11.2. The maximum Gasteiger partial charge on any atom is 0.326 e. The first-order valence-corrected chi connectivity index (χ1v) is 7.75. The molecule has 0 aliphatic rings. The number of aliphatic carboxylic acids is 1. The number of guanidine groups is 1. The van der Waals surface area contributed by atoms with Crippen molar-refractivity contribution in [3.05, 3.63) is 0 Å². The standard InChI is InChI=1S/C14H28N6O4/c1-8(2)6-10(19-11(21)7-15)12(22)20-9(13(23)24)4-3-5-18-14(16)17/h8-10H,3-7,15H2,1-2H3,(H,19,21)(H,20,22)(H,23,24)(H4,16,17,18)/t9-,10-/m0/s1. The lowest BCUT2D eigenvalue weighted by molar-refractivity contribution is -0.142. The summed E-state index contributed by atoms with van der Waals surface area (Å²) in [5.41, 5.74) is 15.6. The molecule has 0 aromatic heterocycles. The number of aliphatic imine (C=N–C) groups is 1. The van der Waals surface area contributed by atoms with E-state index in [4.69, 9.17) is 17.2 Å². The van der Waals surface area contributed by atoms with Crippen molar-refractivity contribution < 1.29 is 19.5 Å². The Labute approximate surface area is 141 Å². The third-order valence-electron chi connectivity index (χ3n) is 3.10. The largest absolute Gasteiger partial charge is 0.480 e. The molecular weight excluding hydrogens is 316 g/mol. The second-order valence-electron chi connectivity index (χ2n) is 5.80. The highest BCUT2D eigenvalue weighted by atomic mass is 16.4. The zero-order valence-corrected chi connectivity index (χ0v) is 14.1. The Kier molecular flexibility index (Phi) is 10.1. The summed E-state index contributed by atoms with van der Waals surface area (Å²) in [4.78, 5) is 38.8. The summed E-state index contributed by atoms with van der Waals surface area (Å²) in [6, 6.07) is -1.92. The van der Waals surface area contributed by atoms with Gasteiger partial charge in [0.05, 0.1) is 6.54 Å². The minimum atomic E-state index is -1.17. The maximum absolute atomic E-state index is 12.3. The van der Waals surface area contributed by atoms with Gasteiger partial charge < -0.3 is 32.9 Å². The Morgan fingerprint density at radius 3 is 2.21 bits per heavy atom. The average Bonchev–Trinajstić information content (AvgIpc) is 2.48. The minimum absolute atomic E-state index is 0.0765. The molecule has 0 saturated carbocycles. The van der Waals surface area contributed by atoms with Gasteiger partial charge in [0.15, 0.2) is 5.96 Å². The van der Waals surface area contributed by atoms with E-state index in [1.54, 1.807) is 0 Å². The van der Waals surface area contributed by atoms with Gasteiger partial charge in [0.1, 0.15) is 12.1 Å². The van der Waals surface area contributed by atoms with Crippen molar-refractivity contribution in [1.82, 2.24) is 10.6 Å². The van der Waals surface area contributed by atoms with Gasteiger partial charge in [0, 0.05) is 6.54 Å². The molecule has 0 aromatic carbocycles. The molecule has 2 atom stereocenters. The lowest BCUT2D eigenvalue weighted by atomic mass is 10.0. The molecule has 10 heteroatoms. The van der Waals surface area contributed by atoms with Crippen molar-refractivity contribution in [3.63, 3.8) is 0 Å². The van der Waals surface area contributed by atoms with Crippen molar-refractivity contribution in [2.75, 3.05) is 13.1 Å². The Balaban J connectivity index is 4.75. The number of carbonyl (C=O) groups excluding carboxylic acids is 2. The summed E-state index contributed by atoms with van der Waals surface area (Å²) in [5.74, 6) is -2.15. The molecule has 24 heavy (non-hydrogen) atoms. The lowest BCUT2D eigenvalue weighted by Crippen LogP contribution is -2.53. The van der Waals surface area contributed by atoms with Crippen LogP contribution in [0.3, 0.4) is 0 Å². The number of carboxylic acids is 1. The van der Waals surface area contributed by atoms with Gasteiger partial charge >= 0.3 is 5.97 Å². The fourth-order valence-corrected chi connectivity index (χ4v) is 1.99. The zero-order chi connectivity index (χ0) is 18.7. The molecule has 0 fully saturated rings. The third-order valence-corrected chi connectivity index (χ3v) is 3.10. The van der Waals surface area contributed by atoms with Crippen LogP contribution in [0.4, 0.5) is 0 Å². The van der Waals surface area contributed by atoms with Crippen LogP contribution >= 0.6 is 0 Å². The molecule has 10 nitrogen and oxygen atoms in total. The SMILES string of the molecule is CC(C)C[C@H](NC(=O)CN)C(=O)N[C@@H](CCCN=C(N)N)C(=O)O. The van der Waals surface area contributed by atoms with E-state index in [1.165, 1.54) is 0 Å². The van der Waals surface area contributed by atoms with Crippen LogP contribution in [0.5, 0.6) is 0 Å². The Morgan fingerprint density at radius 1 is 1.12 bits per heavy atom. The molecule has 0 aromatic rings. The van der Waals surface area contributed by atoms with Crippen LogP contribution in [0.25, 0.3) is 0 Å². The summed E-state index contributed by atoms with van der Waals surface area (Å²) in [6.45, 7) is 3.79. The van der Waals surface area contributed by atoms with E-state index < -0.39 is 29.9 Å². The van der Waals surface area contributed by atoms with Crippen molar-refractivity contribution in [2.45, 2.75) is 45.2 Å². The van der Waals surface area contributed by atoms with Crippen molar-refractivity contribution in [3.8, 4) is 0 Å². The van der Waals surface area contributed by atoms with Gasteiger partial charge in [0.25, 0.3) is 0 Å². The minimum Gasteiger partial charge on any atom is -0.480 e. The predicted molar refractivity (Wildman–Crippen MR) is 89.9 cm³/mol. The number of hydrogen-bond donors (Lipinski definition) is 6. The van der Waals surface area contributed by atoms with Crippen LogP contribution in [-0.2, 0) is 14.4 Å². The molecule has 0 radical (unpaired) electrons. The Morgan fingerprint density at radius 2 is 1.75 bits per heavy atom. The number of nitrogens with one attached hydrogen (secondary N) is 2.